The second-order valence-electron chi connectivity index (χ2n) is 5.17. The molecule has 0 aliphatic carbocycles. The molecule has 0 saturated carbocycles. The third-order valence-corrected chi connectivity index (χ3v) is 3.50. The molecule has 1 aliphatic rings. The van der Waals surface area contributed by atoms with Crippen LogP contribution in [0.4, 0.5) is 11.6 Å². The van der Waals surface area contributed by atoms with Gasteiger partial charge in [0, 0.05) is 25.5 Å². The van der Waals surface area contributed by atoms with Crippen molar-refractivity contribution >= 4 is 17.6 Å². The number of guanidine groups is 1. The minimum Gasteiger partial charge on any atom is -0.378 e. The summed E-state index contributed by atoms with van der Waals surface area (Å²) in [5.74, 6) is 1.98. The molecule has 1 aliphatic heterocycles. The third kappa shape index (κ3) is 4.40. The highest BCUT2D eigenvalue weighted by Gasteiger charge is 2.11. The van der Waals surface area contributed by atoms with Crippen LogP contribution < -0.4 is 16.0 Å². The first kappa shape index (κ1) is 15.2. The molecular weight excluding hydrogens is 292 g/mol. The molecule has 2 aromatic heterocycles. The van der Waals surface area contributed by atoms with Gasteiger partial charge >= 0.3 is 0 Å². The number of pyridine rings is 2. The van der Waals surface area contributed by atoms with Gasteiger partial charge in [-0.15, -0.1) is 0 Å². The summed E-state index contributed by atoms with van der Waals surface area (Å²) in [4.78, 5) is 15.1. The summed E-state index contributed by atoms with van der Waals surface area (Å²) < 4.78 is 5.35. The Morgan fingerprint density at radius 2 is 2.09 bits per heavy atom. The molecule has 120 valence electrons. The van der Waals surface area contributed by atoms with E-state index >= 15 is 0 Å². The summed E-state index contributed by atoms with van der Waals surface area (Å²) in [6, 6.07) is 9.60. The standard InChI is InChI=1S/C16H20N6O/c17-16(21-14-3-1-2-6-18-14)20-12-13-4-5-15(19-11-13)22-7-9-23-10-8-22/h1-6,11H,7-10,12H2,(H3,17,18,20,21). The lowest BCUT2D eigenvalue weighted by Crippen LogP contribution is -2.36. The second-order valence-corrected chi connectivity index (χ2v) is 5.17. The van der Waals surface area contributed by atoms with Crippen LogP contribution in [0.25, 0.3) is 0 Å². The molecule has 0 bridgehead atoms. The monoisotopic (exact) mass is 312 g/mol. The normalized spacial score (nSPS) is 15.5. The van der Waals surface area contributed by atoms with Crippen LogP contribution in [0, 0.1) is 0 Å². The molecule has 3 rings (SSSR count). The summed E-state index contributed by atoms with van der Waals surface area (Å²) in [5.41, 5.74) is 6.86. The largest absolute Gasteiger partial charge is 0.378 e. The molecule has 0 atom stereocenters. The van der Waals surface area contributed by atoms with Crippen LogP contribution in [0.1, 0.15) is 5.56 Å². The Bertz CT molecular complexity index is 637. The van der Waals surface area contributed by atoms with E-state index in [-0.39, 0.29) is 0 Å². The third-order valence-electron chi connectivity index (χ3n) is 3.50. The Kier molecular flexibility index (Phi) is 5.00. The number of nitrogens with zero attached hydrogens (tertiary/aromatic N) is 4. The molecule has 1 fully saturated rings. The van der Waals surface area contributed by atoms with E-state index < -0.39 is 0 Å². The Labute approximate surface area is 135 Å². The van der Waals surface area contributed by atoms with Crippen molar-refractivity contribution in [1.82, 2.24) is 9.97 Å². The molecule has 3 heterocycles. The molecule has 2 aromatic rings. The van der Waals surface area contributed by atoms with E-state index in [2.05, 4.69) is 25.2 Å². The SMILES string of the molecule is NC(=NCc1ccc(N2CCOCC2)nc1)Nc1ccccn1. The maximum atomic E-state index is 5.86. The second kappa shape index (κ2) is 7.55. The lowest BCUT2D eigenvalue weighted by atomic mass is 10.2. The maximum Gasteiger partial charge on any atom is 0.194 e. The number of nitrogens with one attached hydrogen (secondary N) is 1. The molecule has 7 nitrogen and oxygen atoms in total. The number of aromatic nitrogens is 2. The van der Waals surface area contributed by atoms with Crippen molar-refractivity contribution in [2.24, 2.45) is 10.7 Å². The molecule has 23 heavy (non-hydrogen) atoms. The van der Waals surface area contributed by atoms with Crippen molar-refractivity contribution < 1.29 is 4.74 Å². The fraction of sp³-hybridized carbons (Fsp3) is 0.312. The van der Waals surface area contributed by atoms with Gasteiger partial charge in [-0.3, -0.25) is 0 Å². The highest BCUT2D eigenvalue weighted by Crippen LogP contribution is 2.13. The zero-order chi connectivity index (χ0) is 15.9. The van der Waals surface area contributed by atoms with Gasteiger partial charge in [-0.1, -0.05) is 12.1 Å². The van der Waals surface area contributed by atoms with E-state index in [1.165, 1.54) is 0 Å². The van der Waals surface area contributed by atoms with Gasteiger partial charge in [-0.2, -0.15) is 0 Å². The first-order valence-corrected chi connectivity index (χ1v) is 7.57. The molecule has 7 heteroatoms. The van der Waals surface area contributed by atoms with Crippen LogP contribution >= 0.6 is 0 Å². The van der Waals surface area contributed by atoms with Crippen molar-refractivity contribution in [2.45, 2.75) is 6.54 Å². The molecule has 1 saturated heterocycles. The number of anilines is 2. The molecule has 0 unspecified atom stereocenters. The van der Waals surface area contributed by atoms with E-state index in [9.17, 15) is 0 Å². The van der Waals surface area contributed by atoms with E-state index in [0.717, 1.165) is 37.7 Å². The summed E-state index contributed by atoms with van der Waals surface area (Å²) in [5, 5.41) is 2.95. The zero-order valence-electron chi connectivity index (χ0n) is 12.9. The molecule has 0 spiro atoms. The quantitative estimate of drug-likeness (QED) is 0.652. The number of nitrogens with two attached hydrogens (primary N) is 1. The molecule has 0 amide bonds. The smallest absolute Gasteiger partial charge is 0.194 e. The topological polar surface area (TPSA) is 88.7 Å². The Balaban J connectivity index is 1.56. The lowest BCUT2D eigenvalue weighted by molar-refractivity contribution is 0.122. The highest BCUT2D eigenvalue weighted by atomic mass is 16.5. The van der Waals surface area contributed by atoms with Crippen molar-refractivity contribution in [2.75, 3.05) is 36.5 Å². The van der Waals surface area contributed by atoms with Crippen LogP contribution in [0.3, 0.4) is 0 Å². The minimum absolute atomic E-state index is 0.334. The van der Waals surface area contributed by atoms with Gasteiger partial charge in [-0.05, 0) is 23.8 Å². The van der Waals surface area contributed by atoms with E-state index in [1.54, 1.807) is 6.20 Å². The highest BCUT2D eigenvalue weighted by molar-refractivity contribution is 5.91. The maximum absolute atomic E-state index is 5.86. The predicted octanol–water partition coefficient (Wildman–Crippen LogP) is 1.24. The van der Waals surface area contributed by atoms with Crippen molar-refractivity contribution in [3.63, 3.8) is 0 Å². The van der Waals surface area contributed by atoms with Crippen LogP contribution in [-0.2, 0) is 11.3 Å². The number of rotatable bonds is 4. The van der Waals surface area contributed by atoms with Gasteiger partial charge in [0.1, 0.15) is 11.6 Å². The minimum atomic E-state index is 0.334. The summed E-state index contributed by atoms with van der Waals surface area (Å²) in [6.07, 6.45) is 3.53. The Morgan fingerprint density at radius 1 is 1.22 bits per heavy atom. The fourth-order valence-electron chi connectivity index (χ4n) is 2.27. The summed E-state index contributed by atoms with van der Waals surface area (Å²) in [7, 11) is 0. The fourth-order valence-corrected chi connectivity index (χ4v) is 2.27. The van der Waals surface area contributed by atoms with E-state index in [0.29, 0.717) is 18.3 Å². The predicted molar refractivity (Wildman–Crippen MR) is 90.5 cm³/mol. The molecule has 0 aromatic carbocycles. The number of hydrogen-bond acceptors (Lipinski definition) is 5. The van der Waals surface area contributed by atoms with Gasteiger partial charge in [0.25, 0.3) is 0 Å². The van der Waals surface area contributed by atoms with Crippen molar-refractivity contribution in [1.29, 1.82) is 0 Å². The van der Waals surface area contributed by atoms with Crippen LogP contribution in [-0.4, -0.2) is 42.2 Å². The summed E-state index contributed by atoms with van der Waals surface area (Å²) in [6.45, 7) is 3.74. The van der Waals surface area contributed by atoms with Gasteiger partial charge < -0.3 is 20.7 Å². The molecular formula is C16H20N6O. The van der Waals surface area contributed by atoms with Crippen molar-refractivity contribution in [3.8, 4) is 0 Å². The molecule has 0 radical (unpaired) electrons. The summed E-state index contributed by atoms with van der Waals surface area (Å²) >= 11 is 0. The Hall–Kier alpha value is -2.67. The average Bonchev–Trinajstić information content (AvgIpc) is 2.62. The number of aliphatic imine (C=N–C) groups is 1. The van der Waals surface area contributed by atoms with Gasteiger partial charge in [-0.25, -0.2) is 15.0 Å². The van der Waals surface area contributed by atoms with Crippen molar-refractivity contribution in [3.05, 3.63) is 48.3 Å². The van der Waals surface area contributed by atoms with Gasteiger partial charge in [0.15, 0.2) is 5.96 Å². The van der Waals surface area contributed by atoms with Crippen LogP contribution in [0.5, 0.6) is 0 Å². The number of hydrogen-bond donors (Lipinski definition) is 2. The van der Waals surface area contributed by atoms with E-state index in [4.69, 9.17) is 10.5 Å². The average molecular weight is 312 g/mol. The number of morpholine rings is 1. The van der Waals surface area contributed by atoms with Gasteiger partial charge in [0.05, 0.1) is 19.8 Å². The Morgan fingerprint density at radius 3 is 2.78 bits per heavy atom. The number of ether oxygens (including phenoxy) is 1. The van der Waals surface area contributed by atoms with E-state index in [1.807, 2.05) is 36.5 Å². The van der Waals surface area contributed by atoms with Crippen LogP contribution in [0.2, 0.25) is 0 Å². The molecule has 3 N–H and O–H groups in total. The first-order chi connectivity index (χ1) is 11.3. The lowest BCUT2D eigenvalue weighted by Gasteiger charge is -2.27. The van der Waals surface area contributed by atoms with Crippen LogP contribution in [0.15, 0.2) is 47.7 Å². The zero-order valence-corrected chi connectivity index (χ0v) is 12.9. The first-order valence-electron chi connectivity index (χ1n) is 7.57. The van der Waals surface area contributed by atoms with Gasteiger partial charge in [0.2, 0.25) is 0 Å².